The molecule has 1 aliphatic heterocycles. The van der Waals surface area contributed by atoms with Crippen molar-refractivity contribution < 1.29 is 19.4 Å². The van der Waals surface area contributed by atoms with E-state index in [0.717, 1.165) is 31.5 Å². The molecule has 0 aromatic heterocycles. The Morgan fingerprint density at radius 2 is 2.05 bits per heavy atom. The number of nitrogens with zero attached hydrogens (tertiary/aromatic N) is 1. The number of hydrogen-bond acceptors (Lipinski definition) is 4. The van der Waals surface area contributed by atoms with E-state index in [-0.39, 0.29) is 6.10 Å². The summed E-state index contributed by atoms with van der Waals surface area (Å²) in [7, 11) is 3.74. The quantitative estimate of drug-likeness (QED) is 0.874. The standard InChI is InChI=1S/C17H25NO4/c1-12(17(19)20)10-13-4-5-15(21-3)16(11-13)22-14-6-8-18(2)9-7-14/h4-5,11-12,14H,6-10H2,1-3H3,(H,19,20). The van der Waals surface area contributed by atoms with Gasteiger partial charge in [0.05, 0.1) is 13.0 Å². The molecule has 1 aromatic rings. The van der Waals surface area contributed by atoms with Crippen LogP contribution in [0.1, 0.15) is 25.3 Å². The van der Waals surface area contributed by atoms with Crippen molar-refractivity contribution in [2.45, 2.75) is 32.3 Å². The highest BCUT2D eigenvalue weighted by atomic mass is 16.5. The molecule has 0 radical (unpaired) electrons. The number of carboxylic acid groups (broad SMARTS) is 1. The third-order valence-corrected chi connectivity index (χ3v) is 4.15. The van der Waals surface area contributed by atoms with Crippen molar-refractivity contribution in [1.82, 2.24) is 4.90 Å². The predicted molar refractivity (Wildman–Crippen MR) is 84.6 cm³/mol. The van der Waals surface area contributed by atoms with Crippen molar-refractivity contribution in [2.75, 3.05) is 27.2 Å². The van der Waals surface area contributed by atoms with Crippen LogP contribution in [0.15, 0.2) is 18.2 Å². The molecular weight excluding hydrogens is 282 g/mol. The normalized spacial score (nSPS) is 18.0. The van der Waals surface area contributed by atoms with Crippen molar-refractivity contribution in [3.8, 4) is 11.5 Å². The fourth-order valence-electron chi connectivity index (χ4n) is 2.66. The summed E-state index contributed by atoms with van der Waals surface area (Å²) in [6, 6.07) is 5.67. The lowest BCUT2D eigenvalue weighted by atomic mass is 10.0. The zero-order valence-electron chi connectivity index (χ0n) is 13.5. The van der Waals surface area contributed by atoms with E-state index in [0.29, 0.717) is 17.9 Å². The average Bonchev–Trinajstić information content (AvgIpc) is 2.50. The number of likely N-dealkylation sites (tertiary alicyclic amines) is 1. The Morgan fingerprint density at radius 1 is 1.36 bits per heavy atom. The number of ether oxygens (including phenoxy) is 2. The number of hydrogen-bond donors (Lipinski definition) is 1. The SMILES string of the molecule is COc1ccc(CC(C)C(=O)O)cc1OC1CCN(C)CC1. The second-order valence-electron chi connectivity index (χ2n) is 6.05. The number of rotatable bonds is 6. The molecule has 1 fully saturated rings. The minimum atomic E-state index is -0.784. The van der Waals surface area contributed by atoms with E-state index in [1.54, 1.807) is 14.0 Å². The lowest BCUT2D eigenvalue weighted by molar-refractivity contribution is -0.141. The van der Waals surface area contributed by atoms with Gasteiger partial charge in [0.1, 0.15) is 6.10 Å². The van der Waals surface area contributed by atoms with Crippen LogP contribution in [0, 0.1) is 5.92 Å². The van der Waals surface area contributed by atoms with Gasteiger partial charge >= 0.3 is 5.97 Å². The molecule has 0 bridgehead atoms. The van der Waals surface area contributed by atoms with Crippen LogP contribution in [0.2, 0.25) is 0 Å². The van der Waals surface area contributed by atoms with Gasteiger partial charge in [-0.2, -0.15) is 0 Å². The molecule has 2 rings (SSSR count). The molecule has 1 unspecified atom stereocenters. The van der Waals surface area contributed by atoms with Gasteiger partial charge in [-0.3, -0.25) is 4.79 Å². The molecule has 122 valence electrons. The van der Waals surface area contributed by atoms with Gasteiger partial charge in [0.25, 0.3) is 0 Å². The van der Waals surface area contributed by atoms with Crippen LogP contribution in [0.5, 0.6) is 11.5 Å². The Kier molecular flexibility index (Phi) is 5.66. The molecule has 1 heterocycles. The van der Waals surface area contributed by atoms with Gasteiger partial charge in [-0.15, -0.1) is 0 Å². The van der Waals surface area contributed by atoms with Crippen LogP contribution in [0.3, 0.4) is 0 Å². The van der Waals surface area contributed by atoms with Gasteiger partial charge in [-0.1, -0.05) is 13.0 Å². The first-order valence-electron chi connectivity index (χ1n) is 7.74. The molecule has 0 aliphatic carbocycles. The van der Waals surface area contributed by atoms with E-state index < -0.39 is 11.9 Å². The second kappa shape index (κ2) is 7.49. The monoisotopic (exact) mass is 307 g/mol. The minimum absolute atomic E-state index is 0.192. The highest BCUT2D eigenvalue weighted by molar-refractivity contribution is 5.70. The molecule has 0 saturated carbocycles. The maximum atomic E-state index is 11.0. The van der Waals surface area contributed by atoms with E-state index in [9.17, 15) is 4.79 Å². The van der Waals surface area contributed by atoms with Crippen molar-refractivity contribution in [1.29, 1.82) is 0 Å². The van der Waals surface area contributed by atoms with Crippen LogP contribution in [0.4, 0.5) is 0 Å². The first-order chi connectivity index (χ1) is 10.5. The Hall–Kier alpha value is -1.75. The van der Waals surface area contributed by atoms with Crippen molar-refractivity contribution in [3.05, 3.63) is 23.8 Å². The minimum Gasteiger partial charge on any atom is -0.493 e. The Balaban J connectivity index is 2.09. The van der Waals surface area contributed by atoms with Crippen LogP contribution < -0.4 is 9.47 Å². The summed E-state index contributed by atoms with van der Waals surface area (Å²) in [5.74, 6) is 0.218. The summed E-state index contributed by atoms with van der Waals surface area (Å²) in [5.41, 5.74) is 0.957. The fourth-order valence-corrected chi connectivity index (χ4v) is 2.66. The van der Waals surface area contributed by atoms with E-state index in [1.807, 2.05) is 18.2 Å². The number of piperidine rings is 1. The van der Waals surface area contributed by atoms with E-state index in [2.05, 4.69) is 11.9 Å². The molecule has 0 amide bonds. The van der Waals surface area contributed by atoms with Gasteiger partial charge in [-0.05, 0) is 44.0 Å². The van der Waals surface area contributed by atoms with E-state index in [4.69, 9.17) is 14.6 Å². The topological polar surface area (TPSA) is 59.0 Å². The molecule has 1 atom stereocenters. The van der Waals surface area contributed by atoms with Crippen LogP contribution in [-0.4, -0.2) is 49.3 Å². The fraction of sp³-hybridized carbons (Fsp3) is 0.588. The molecule has 5 heteroatoms. The Bertz CT molecular complexity index is 509. The van der Waals surface area contributed by atoms with Gasteiger partial charge in [0.15, 0.2) is 11.5 Å². The highest BCUT2D eigenvalue weighted by Crippen LogP contribution is 2.31. The van der Waals surface area contributed by atoms with Crippen LogP contribution in [-0.2, 0) is 11.2 Å². The van der Waals surface area contributed by atoms with Crippen molar-refractivity contribution >= 4 is 5.97 Å². The third-order valence-electron chi connectivity index (χ3n) is 4.15. The Morgan fingerprint density at radius 3 is 2.64 bits per heavy atom. The number of benzene rings is 1. The molecular formula is C17H25NO4. The summed E-state index contributed by atoms with van der Waals surface area (Å²) >= 11 is 0. The molecule has 1 aliphatic rings. The third kappa shape index (κ3) is 4.37. The molecule has 22 heavy (non-hydrogen) atoms. The highest BCUT2D eigenvalue weighted by Gasteiger charge is 2.20. The summed E-state index contributed by atoms with van der Waals surface area (Å²) in [6.45, 7) is 3.77. The average molecular weight is 307 g/mol. The zero-order valence-corrected chi connectivity index (χ0v) is 13.5. The molecule has 5 nitrogen and oxygen atoms in total. The van der Waals surface area contributed by atoms with Crippen LogP contribution >= 0.6 is 0 Å². The molecule has 0 spiro atoms. The number of carboxylic acids is 1. The van der Waals surface area contributed by atoms with E-state index in [1.165, 1.54) is 0 Å². The van der Waals surface area contributed by atoms with Crippen LogP contribution in [0.25, 0.3) is 0 Å². The lowest BCUT2D eigenvalue weighted by Crippen LogP contribution is -2.35. The van der Waals surface area contributed by atoms with Gasteiger partial charge in [0, 0.05) is 13.1 Å². The molecule has 1 saturated heterocycles. The Labute approximate surface area is 131 Å². The zero-order chi connectivity index (χ0) is 16.1. The number of aliphatic carboxylic acids is 1. The van der Waals surface area contributed by atoms with E-state index >= 15 is 0 Å². The predicted octanol–water partition coefficient (Wildman–Crippen LogP) is 2.43. The van der Waals surface area contributed by atoms with Crippen molar-refractivity contribution in [2.24, 2.45) is 5.92 Å². The summed E-state index contributed by atoms with van der Waals surface area (Å²) < 4.78 is 11.5. The molecule has 1 N–H and O–H groups in total. The summed E-state index contributed by atoms with van der Waals surface area (Å²) in [5, 5.41) is 9.04. The first-order valence-corrected chi connectivity index (χ1v) is 7.74. The number of carbonyl (C=O) groups is 1. The molecule has 1 aromatic carbocycles. The largest absolute Gasteiger partial charge is 0.493 e. The van der Waals surface area contributed by atoms with Gasteiger partial charge in [0.2, 0.25) is 0 Å². The second-order valence-corrected chi connectivity index (χ2v) is 6.05. The smallest absolute Gasteiger partial charge is 0.306 e. The maximum absolute atomic E-state index is 11.0. The number of methoxy groups -OCH3 is 1. The summed E-state index contributed by atoms with van der Waals surface area (Å²) in [6.07, 6.45) is 2.67. The van der Waals surface area contributed by atoms with Crippen molar-refractivity contribution in [3.63, 3.8) is 0 Å². The first kappa shape index (κ1) is 16.6. The summed E-state index contributed by atoms with van der Waals surface area (Å²) in [4.78, 5) is 13.3. The van der Waals surface area contributed by atoms with Gasteiger partial charge < -0.3 is 19.5 Å². The maximum Gasteiger partial charge on any atom is 0.306 e. The van der Waals surface area contributed by atoms with Gasteiger partial charge in [-0.25, -0.2) is 0 Å². The lowest BCUT2D eigenvalue weighted by Gasteiger charge is -2.29.